The van der Waals surface area contributed by atoms with Gasteiger partial charge in [0.15, 0.2) is 11.5 Å². The number of nitro benzene ring substituents is 1. The largest absolute Gasteiger partial charge is 0.490 e. The summed E-state index contributed by atoms with van der Waals surface area (Å²) in [5, 5.41) is 29.7. The fraction of sp³-hybridized carbons (Fsp3) is 0.143. The molecule has 36 heavy (non-hydrogen) atoms. The van der Waals surface area contributed by atoms with Gasteiger partial charge < -0.3 is 14.6 Å². The van der Waals surface area contributed by atoms with E-state index in [1.54, 1.807) is 30.4 Å². The zero-order valence-corrected chi connectivity index (χ0v) is 19.6. The van der Waals surface area contributed by atoms with E-state index in [-0.39, 0.29) is 17.9 Å². The van der Waals surface area contributed by atoms with Gasteiger partial charge in [0, 0.05) is 17.7 Å². The number of hydrogen-bond acceptors (Lipinski definition) is 6. The molecule has 0 saturated heterocycles. The lowest BCUT2D eigenvalue weighted by atomic mass is 10.0. The molecular formula is C28H24N2O6. The van der Waals surface area contributed by atoms with E-state index in [2.05, 4.69) is 12.6 Å². The molecule has 0 bridgehead atoms. The third-order valence-corrected chi connectivity index (χ3v) is 5.22. The lowest BCUT2D eigenvalue weighted by Gasteiger charge is -2.17. The summed E-state index contributed by atoms with van der Waals surface area (Å²) >= 11 is 0. The Morgan fingerprint density at radius 3 is 2.33 bits per heavy atom. The summed E-state index contributed by atoms with van der Waals surface area (Å²) in [6.07, 6.45) is 3.90. The Hall–Kier alpha value is -4.90. The van der Waals surface area contributed by atoms with Crippen LogP contribution in [0.3, 0.4) is 0 Å². The van der Waals surface area contributed by atoms with Crippen LogP contribution < -0.4 is 9.47 Å². The van der Waals surface area contributed by atoms with E-state index in [4.69, 9.17) is 14.6 Å². The van der Waals surface area contributed by atoms with Crippen molar-refractivity contribution < 1.29 is 24.3 Å². The molecule has 0 aliphatic rings. The topological polar surface area (TPSA) is 123 Å². The van der Waals surface area contributed by atoms with Crippen LogP contribution in [0, 0.1) is 21.4 Å². The summed E-state index contributed by atoms with van der Waals surface area (Å²) in [5.41, 5.74) is 3.32. The first-order valence-corrected chi connectivity index (χ1v) is 11.1. The van der Waals surface area contributed by atoms with Crippen LogP contribution >= 0.6 is 0 Å². The average molecular weight is 485 g/mol. The summed E-state index contributed by atoms with van der Waals surface area (Å²) in [6.45, 7) is 6.25. The molecule has 3 aromatic rings. The number of nitro groups is 1. The second-order valence-corrected chi connectivity index (χ2v) is 7.70. The number of carboxylic acid groups (broad SMARTS) is 1. The monoisotopic (exact) mass is 484 g/mol. The van der Waals surface area contributed by atoms with Crippen molar-refractivity contribution in [2.75, 3.05) is 6.61 Å². The zero-order chi connectivity index (χ0) is 26.1. The lowest BCUT2D eigenvalue weighted by molar-refractivity contribution is -0.384. The number of nitriles is 1. The van der Waals surface area contributed by atoms with Crippen LogP contribution in [0.1, 0.15) is 39.5 Å². The van der Waals surface area contributed by atoms with E-state index >= 15 is 0 Å². The van der Waals surface area contributed by atoms with Gasteiger partial charge in [0.05, 0.1) is 28.7 Å². The van der Waals surface area contributed by atoms with Gasteiger partial charge in [0.1, 0.15) is 6.61 Å². The predicted molar refractivity (Wildman–Crippen MR) is 136 cm³/mol. The molecule has 3 rings (SSSR count). The maximum atomic E-state index is 11.1. The van der Waals surface area contributed by atoms with Gasteiger partial charge in [-0.3, -0.25) is 10.1 Å². The molecule has 0 saturated carbocycles. The number of non-ortho nitro benzene ring substituents is 1. The summed E-state index contributed by atoms with van der Waals surface area (Å²) in [7, 11) is 0. The molecule has 8 heteroatoms. The van der Waals surface area contributed by atoms with Gasteiger partial charge in [-0.05, 0) is 72.5 Å². The fourth-order valence-corrected chi connectivity index (χ4v) is 3.51. The summed E-state index contributed by atoms with van der Waals surface area (Å²) in [4.78, 5) is 21.5. The first-order chi connectivity index (χ1) is 17.4. The number of allylic oxidation sites excluding steroid dienone is 2. The van der Waals surface area contributed by atoms with Gasteiger partial charge in [-0.25, -0.2) is 4.79 Å². The van der Waals surface area contributed by atoms with Crippen molar-refractivity contribution in [3.05, 3.63) is 111 Å². The number of rotatable bonds is 11. The van der Waals surface area contributed by atoms with Crippen molar-refractivity contribution in [1.82, 2.24) is 0 Å². The second kappa shape index (κ2) is 12.0. The van der Waals surface area contributed by atoms with Gasteiger partial charge in [-0.2, -0.15) is 5.26 Å². The van der Waals surface area contributed by atoms with E-state index in [1.165, 1.54) is 36.4 Å². The number of nitrogens with zero attached hydrogens (tertiary/aromatic N) is 2. The molecule has 0 heterocycles. The van der Waals surface area contributed by atoms with E-state index < -0.39 is 10.9 Å². The molecule has 8 nitrogen and oxygen atoms in total. The second-order valence-electron chi connectivity index (χ2n) is 7.70. The van der Waals surface area contributed by atoms with Crippen LogP contribution in [0.2, 0.25) is 0 Å². The van der Waals surface area contributed by atoms with Crippen molar-refractivity contribution >= 4 is 23.3 Å². The van der Waals surface area contributed by atoms with E-state index in [0.717, 1.165) is 11.1 Å². The van der Waals surface area contributed by atoms with Crippen LogP contribution in [0.4, 0.5) is 5.69 Å². The first kappa shape index (κ1) is 25.7. The smallest absolute Gasteiger partial charge is 0.335 e. The summed E-state index contributed by atoms with van der Waals surface area (Å²) < 4.78 is 11.9. The minimum absolute atomic E-state index is 0.0537. The predicted octanol–water partition coefficient (Wildman–Crippen LogP) is 6.06. The Morgan fingerprint density at radius 1 is 1.11 bits per heavy atom. The average Bonchev–Trinajstić information content (AvgIpc) is 2.87. The molecule has 0 fully saturated rings. The molecule has 0 aliphatic heterocycles. The Balaban J connectivity index is 1.96. The third-order valence-electron chi connectivity index (χ3n) is 5.22. The maximum absolute atomic E-state index is 11.1. The lowest BCUT2D eigenvalue weighted by Crippen LogP contribution is -2.04. The van der Waals surface area contributed by atoms with Crippen LogP contribution in [0.25, 0.3) is 11.6 Å². The molecule has 0 atom stereocenters. The number of carbonyl (C=O) groups is 1. The number of aromatic carboxylic acids is 1. The molecule has 3 aromatic carbocycles. The first-order valence-electron chi connectivity index (χ1n) is 11.1. The highest BCUT2D eigenvalue weighted by molar-refractivity contribution is 5.90. The molecular weight excluding hydrogens is 460 g/mol. The molecule has 1 N–H and O–H groups in total. The third kappa shape index (κ3) is 6.36. The maximum Gasteiger partial charge on any atom is 0.335 e. The molecule has 0 spiro atoms. The van der Waals surface area contributed by atoms with Crippen molar-refractivity contribution in [3.8, 4) is 17.6 Å². The van der Waals surface area contributed by atoms with Gasteiger partial charge >= 0.3 is 5.97 Å². The Bertz CT molecular complexity index is 1340. The molecule has 0 amide bonds. The van der Waals surface area contributed by atoms with Gasteiger partial charge in [0.2, 0.25) is 0 Å². The van der Waals surface area contributed by atoms with Crippen LogP contribution in [0.15, 0.2) is 73.3 Å². The van der Waals surface area contributed by atoms with Crippen LogP contribution in [-0.2, 0) is 13.0 Å². The van der Waals surface area contributed by atoms with Gasteiger partial charge in [-0.1, -0.05) is 18.2 Å². The Labute approximate surface area is 208 Å². The number of benzene rings is 3. The minimum Gasteiger partial charge on any atom is -0.490 e. The van der Waals surface area contributed by atoms with E-state index in [1.807, 2.05) is 13.0 Å². The number of hydrogen-bond donors (Lipinski definition) is 1. The van der Waals surface area contributed by atoms with Gasteiger partial charge in [0.25, 0.3) is 5.69 Å². The van der Waals surface area contributed by atoms with Gasteiger partial charge in [-0.15, -0.1) is 6.58 Å². The SMILES string of the molecule is C=CCc1cc(/C=C(\C#N)c2ccc([N+](=O)[O-])cc2)cc(OCC)c1OCc1ccc(C(=O)O)cc1. The fourth-order valence-electron chi connectivity index (χ4n) is 3.51. The number of ether oxygens (including phenoxy) is 2. The van der Waals surface area contributed by atoms with Crippen molar-refractivity contribution in [2.24, 2.45) is 0 Å². The normalized spacial score (nSPS) is 10.8. The molecule has 0 aliphatic carbocycles. The van der Waals surface area contributed by atoms with Crippen molar-refractivity contribution in [3.63, 3.8) is 0 Å². The molecule has 182 valence electrons. The quantitative estimate of drug-likeness (QED) is 0.115. The molecule has 0 aromatic heterocycles. The summed E-state index contributed by atoms with van der Waals surface area (Å²) in [6, 6.07) is 18.0. The standard InChI is InChI=1S/C28H24N2O6/c1-3-5-23-14-20(15-24(17-29)21-10-12-25(13-11-21)30(33)34)16-26(35-4-2)27(23)36-18-19-6-8-22(9-7-19)28(31)32/h3,6-16H,1,4-5,18H2,2H3,(H,31,32)/b24-15+. The highest BCUT2D eigenvalue weighted by atomic mass is 16.6. The van der Waals surface area contributed by atoms with E-state index in [9.17, 15) is 20.2 Å². The van der Waals surface area contributed by atoms with Crippen LogP contribution in [0.5, 0.6) is 11.5 Å². The summed E-state index contributed by atoms with van der Waals surface area (Å²) in [5.74, 6) is 0.0276. The van der Waals surface area contributed by atoms with Crippen molar-refractivity contribution in [1.29, 1.82) is 5.26 Å². The van der Waals surface area contributed by atoms with Crippen molar-refractivity contribution in [2.45, 2.75) is 20.0 Å². The Morgan fingerprint density at radius 2 is 1.78 bits per heavy atom. The molecule has 0 radical (unpaired) electrons. The van der Waals surface area contributed by atoms with E-state index in [0.29, 0.717) is 41.2 Å². The van der Waals surface area contributed by atoms with Crippen LogP contribution in [-0.4, -0.2) is 22.6 Å². The highest BCUT2D eigenvalue weighted by Crippen LogP contribution is 2.36. The Kier molecular flexibility index (Phi) is 8.57. The zero-order valence-electron chi connectivity index (χ0n) is 19.6. The highest BCUT2D eigenvalue weighted by Gasteiger charge is 2.15. The number of carboxylic acids is 1. The molecule has 0 unspecified atom stereocenters. The minimum atomic E-state index is -0.997.